The Labute approximate surface area is 96.4 Å². The molecule has 1 aliphatic heterocycles. The Morgan fingerprint density at radius 1 is 1.47 bits per heavy atom. The lowest BCUT2D eigenvalue weighted by Crippen LogP contribution is -2.22. The fourth-order valence-corrected chi connectivity index (χ4v) is 1.95. The number of nitrogens with one attached hydrogen (secondary N) is 3. The van der Waals surface area contributed by atoms with Crippen molar-refractivity contribution in [2.75, 3.05) is 11.9 Å². The fourth-order valence-electron chi connectivity index (χ4n) is 1.95. The highest BCUT2D eigenvalue weighted by atomic mass is 19.1. The molecule has 1 saturated heterocycles. The highest BCUT2D eigenvalue weighted by Gasteiger charge is 2.21. The second kappa shape index (κ2) is 3.73. The summed E-state index contributed by atoms with van der Waals surface area (Å²) in [5.41, 5.74) is 1.34. The van der Waals surface area contributed by atoms with Gasteiger partial charge in [0, 0.05) is 13.0 Å². The number of H-pyrrole nitrogens is 1. The monoisotopic (exact) mass is 234 g/mol. The molecule has 3 N–H and O–H groups in total. The van der Waals surface area contributed by atoms with Crippen LogP contribution in [0.1, 0.15) is 6.42 Å². The maximum absolute atomic E-state index is 13.0. The van der Waals surface area contributed by atoms with Crippen LogP contribution in [0.5, 0.6) is 0 Å². The molecule has 0 aliphatic carbocycles. The molecule has 6 heteroatoms. The standard InChI is InChI=1S/C11H11FN4O/c12-6-1-2-8-9(3-6)16-11(15-8)14-7-4-10(17)13-5-7/h1-3,7H,4-5H2,(H,13,17)(H2,14,15,16). The number of halogens is 1. The number of imidazole rings is 1. The first kappa shape index (κ1) is 10.1. The molecule has 0 spiro atoms. The summed E-state index contributed by atoms with van der Waals surface area (Å²) in [6, 6.07) is 4.41. The minimum absolute atomic E-state index is 0.0321. The number of hydrogen-bond acceptors (Lipinski definition) is 3. The molecular weight excluding hydrogens is 223 g/mol. The van der Waals surface area contributed by atoms with Gasteiger partial charge in [-0.3, -0.25) is 4.79 Å². The molecule has 88 valence electrons. The summed E-state index contributed by atoms with van der Waals surface area (Å²) in [6.07, 6.45) is 0.436. The number of fused-ring (bicyclic) bond motifs is 1. The van der Waals surface area contributed by atoms with E-state index in [9.17, 15) is 9.18 Å². The molecule has 3 rings (SSSR count). The highest BCUT2D eigenvalue weighted by Crippen LogP contribution is 2.16. The minimum Gasteiger partial charge on any atom is -0.354 e. The van der Waals surface area contributed by atoms with Crippen LogP contribution in [0.3, 0.4) is 0 Å². The normalized spacial score (nSPS) is 19.6. The first-order chi connectivity index (χ1) is 8.20. The van der Waals surface area contributed by atoms with Crippen LogP contribution in [-0.4, -0.2) is 28.5 Å². The van der Waals surface area contributed by atoms with Crippen molar-refractivity contribution in [3.05, 3.63) is 24.0 Å². The van der Waals surface area contributed by atoms with Crippen LogP contribution in [0.2, 0.25) is 0 Å². The van der Waals surface area contributed by atoms with Gasteiger partial charge in [-0.2, -0.15) is 0 Å². The van der Waals surface area contributed by atoms with Crippen LogP contribution in [0, 0.1) is 5.82 Å². The van der Waals surface area contributed by atoms with E-state index in [0.717, 1.165) is 0 Å². The van der Waals surface area contributed by atoms with E-state index in [1.807, 2.05) is 0 Å². The molecule has 1 aliphatic rings. The molecule has 1 unspecified atom stereocenters. The van der Waals surface area contributed by atoms with E-state index in [-0.39, 0.29) is 17.8 Å². The Bertz CT molecular complexity index is 580. The number of aromatic amines is 1. The van der Waals surface area contributed by atoms with Gasteiger partial charge >= 0.3 is 0 Å². The van der Waals surface area contributed by atoms with Crippen LogP contribution in [0.25, 0.3) is 11.0 Å². The number of nitrogens with zero attached hydrogens (tertiary/aromatic N) is 1. The van der Waals surface area contributed by atoms with Gasteiger partial charge in [0.1, 0.15) is 5.82 Å². The maximum Gasteiger partial charge on any atom is 0.222 e. The Hall–Kier alpha value is -2.11. The summed E-state index contributed by atoms with van der Waals surface area (Å²) in [6.45, 7) is 0.588. The van der Waals surface area contributed by atoms with Crippen molar-refractivity contribution in [2.24, 2.45) is 0 Å². The second-order valence-electron chi connectivity index (χ2n) is 4.10. The van der Waals surface area contributed by atoms with Crippen molar-refractivity contribution >= 4 is 22.9 Å². The predicted molar refractivity (Wildman–Crippen MR) is 61.1 cm³/mol. The lowest BCUT2D eigenvalue weighted by molar-refractivity contribution is -0.119. The van der Waals surface area contributed by atoms with E-state index >= 15 is 0 Å². The number of carbonyl (C=O) groups excluding carboxylic acids is 1. The summed E-state index contributed by atoms with van der Waals surface area (Å²) >= 11 is 0. The SMILES string of the molecule is O=C1CC(Nc2nc3ccc(F)cc3[nH]2)CN1. The molecule has 0 saturated carbocycles. The first-order valence-electron chi connectivity index (χ1n) is 5.39. The number of rotatable bonds is 2. The smallest absolute Gasteiger partial charge is 0.222 e. The van der Waals surface area contributed by atoms with E-state index in [2.05, 4.69) is 20.6 Å². The average molecular weight is 234 g/mol. The van der Waals surface area contributed by atoms with Gasteiger partial charge in [0.15, 0.2) is 0 Å². The summed E-state index contributed by atoms with van der Waals surface area (Å²) in [5.74, 6) is 0.294. The number of carbonyl (C=O) groups is 1. The molecule has 1 fully saturated rings. The average Bonchev–Trinajstić information content (AvgIpc) is 2.84. The van der Waals surface area contributed by atoms with Crippen LogP contribution < -0.4 is 10.6 Å². The third-order valence-corrected chi connectivity index (χ3v) is 2.76. The van der Waals surface area contributed by atoms with Gasteiger partial charge in [-0.05, 0) is 18.2 Å². The van der Waals surface area contributed by atoms with Gasteiger partial charge in [-0.15, -0.1) is 0 Å². The minimum atomic E-state index is -0.301. The Kier molecular flexibility index (Phi) is 2.21. The Morgan fingerprint density at radius 3 is 3.12 bits per heavy atom. The largest absolute Gasteiger partial charge is 0.354 e. The van der Waals surface area contributed by atoms with Crippen molar-refractivity contribution < 1.29 is 9.18 Å². The Morgan fingerprint density at radius 2 is 2.35 bits per heavy atom. The molecular formula is C11H11FN4O. The topological polar surface area (TPSA) is 69.8 Å². The fraction of sp³-hybridized carbons (Fsp3) is 0.273. The number of hydrogen-bond donors (Lipinski definition) is 3. The lowest BCUT2D eigenvalue weighted by atomic mass is 10.3. The maximum atomic E-state index is 13.0. The van der Waals surface area contributed by atoms with E-state index < -0.39 is 0 Å². The summed E-state index contributed by atoms with van der Waals surface area (Å²) in [5, 5.41) is 5.84. The summed E-state index contributed by atoms with van der Waals surface area (Å²) in [7, 11) is 0. The molecule has 17 heavy (non-hydrogen) atoms. The molecule has 1 aromatic carbocycles. The van der Waals surface area contributed by atoms with E-state index in [0.29, 0.717) is 29.9 Å². The van der Waals surface area contributed by atoms with Gasteiger partial charge in [0.2, 0.25) is 11.9 Å². The van der Waals surface area contributed by atoms with E-state index in [1.54, 1.807) is 6.07 Å². The molecule has 0 bridgehead atoms. The van der Waals surface area contributed by atoms with E-state index in [1.165, 1.54) is 12.1 Å². The Balaban J connectivity index is 1.83. The molecule has 0 radical (unpaired) electrons. The van der Waals surface area contributed by atoms with Crippen molar-refractivity contribution in [2.45, 2.75) is 12.5 Å². The number of benzene rings is 1. The molecule has 2 aromatic rings. The zero-order valence-corrected chi connectivity index (χ0v) is 8.96. The number of aromatic nitrogens is 2. The van der Waals surface area contributed by atoms with Crippen molar-refractivity contribution in [1.82, 2.24) is 15.3 Å². The van der Waals surface area contributed by atoms with Gasteiger partial charge in [-0.25, -0.2) is 9.37 Å². The summed E-state index contributed by atoms with van der Waals surface area (Å²) in [4.78, 5) is 18.3. The van der Waals surface area contributed by atoms with Gasteiger partial charge < -0.3 is 15.6 Å². The second-order valence-corrected chi connectivity index (χ2v) is 4.10. The zero-order valence-electron chi connectivity index (χ0n) is 8.96. The van der Waals surface area contributed by atoms with Crippen LogP contribution in [0.4, 0.5) is 10.3 Å². The third kappa shape index (κ3) is 1.93. The van der Waals surface area contributed by atoms with Crippen LogP contribution in [0.15, 0.2) is 18.2 Å². The van der Waals surface area contributed by atoms with E-state index in [4.69, 9.17) is 0 Å². The lowest BCUT2D eigenvalue weighted by Gasteiger charge is -2.07. The number of amides is 1. The number of anilines is 1. The first-order valence-corrected chi connectivity index (χ1v) is 5.39. The molecule has 2 heterocycles. The van der Waals surface area contributed by atoms with Crippen LogP contribution in [-0.2, 0) is 4.79 Å². The molecule has 5 nitrogen and oxygen atoms in total. The molecule has 1 atom stereocenters. The predicted octanol–water partition coefficient (Wildman–Crippen LogP) is 1.00. The zero-order chi connectivity index (χ0) is 11.8. The van der Waals surface area contributed by atoms with Crippen molar-refractivity contribution in [3.8, 4) is 0 Å². The van der Waals surface area contributed by atoms with Gasteiger partial charge in [0.05, 0.1) is 17.1 Å². The van der Waals surface area contributed by atoms with Crippen molar-refractivity contribution in [3.63, 3.8) is 0 Å². The van der Waals surface area contributed by atoms with Gasteiger partial charge in [-0.1, -0.05) is 0 Å². The molecule has 1 aromatic heterocycles. The quantitative estimate of drug-likeness (QED) is 0.726. The highest BCUT2D eigenvalue weighted by molar-refractivity contribution is 5.80. The van der Waals surface area contributed by atoms with Crippen LogP contribution >= 0.6 is 0 Å². The molecule has 1 amide bonds. The van der Waals surface area contributed by atoms with Gasteiger partial charge in [0.25, 0.3) is 0 Å². The third-order valence-electron chi connectivity index (χ3n) is 2.76. The summed E-state index contributed by atoms with van der Waals surface area (Å²) < 4.78 is 13.0. The van der Waals surface area contributed by atoms with Crippen molar-refractivity contribution in [1.29, 1.82) is 0 Å².